The van der Waals surface area contributed by atoms with Crippen LogP contribution in [0.3, 0.4) is 0 Å². The van der Waals surface area contributed by atoms with E-state index in [1.54, 1.807) is 0 Å². The number of amides is 1. The number of aliphatic hydroxyl groups is 1. The molecule has 1 heterocycles. The molecule has 70 valence electrons. The minimum Gasteiger partial charge on any atom is -0.510 e. The highest BCUT2D eigenvalue weighted by Crippen LogP contribution is 2.34. The molecule has 0 aromatic heterocycles. The minimum atomic E-state index is -0.620. The zero-order valence-electron chi connectivity index (χ0n) is 7.17. The van der Waals surface area contributed by atoms with Gasteiger partial charge in [-0.2, -0.15) is 0 Å². The number of nitrogens with one attached hydrogen (secondary N) is 1. The second-order valence-electron chi connectivity index (χ2n) is 3.64. The van der Waals surface area contributed by atoms with E-state index in [0.29, 0.717) is 25.7 Å². The van der Waals surface area contributed by atoms with Crippen LogP contribution in [0.5, 0.6) is 0 Å². The number of aliphatic hydroxyl groups excluding tert-OH is 1. The summed E-state index contributed by atoms with van der Waals surface area (Å²) < 4.78 is 0. The lowest BCUT2D eigenvalue weighted by Gasteiger charge is -2.32. The molecule has 0 radical (unpaired) electrons. The summed E-state index contributed by atoms with van der Waals surface area (Å²) >= 11 is 0. The van der Waals surface area contributed by atoms with Crippen LogP contribution in [-0.4, -0.2) is 22.3 Å². The van der Waals surface area contributed by atoms with E-state index in [-0.39, 0.29) is 17.4 Å². The fourth-order valence-electron chi connectivity index (χ4n) is 1.94. The van der Waals surface area contributed by atoms with Crippen molar-refractivity contribution in [2.75, 3.05) is 0 Å². The maximum absolute atomic E-state index is 11.0. The summed E-state index contributed by atoms with van der Waals surface area (Å²) in [4.78, 5) is 22.0. The summed E-state index contributed by atoms with van der Waals surface area (Å²) in [7, 11) is 0. The molecule has 1 fully saturated rings. The van der Waals surface area contributed by atoms with Crippen molar-refractivity contribution in [2.24, 2.45) is 0 Å². The number of carbonyl (C=O) groups excluding carboxylic acids is 2. The van der Waals surface area contributed by atoms with Crippen molar-refractivity contribution >= 4 is 11.7 Å². The summed E-state index contributed by atoms with van der Waals surface area (Å²) in [5, 5.41) is 12.2. The zero-order chi connectivity index (χ0) is 9.47. The number of ketones is 1. The topological polar surface area (TPSA) is 66.4 Å². The lowest BCUT2D eigenvalue weighted by molar-refractivity contribution is -0.123. The van der Waals surface area contributed by atoms with Gasteiger partial charge in [-0.15, -0.1) is 0 Å². The van der Waals surface area contributed by atoms with Crippen LogP contribution in [-0.2, 0) is 9.59 Å². The van der Waals surface area contributed by atoms with Gasteiger partial charge in [0.05, 0.1) is 5.54 Å². The van der Waals surface area contributed by atoms with Crippen molar-refractivity contribution in [1.29, 1.82) is 0 Å². The van der Waals surface area contributed by atoms with Crippen molar-refractivity contribution in [3.63, 3.8) is 0 Å². The normalized spacial score (nSPS) is 26.0. The number of rotatable bonds is 0. The second-order valence-corrected chi connectivity index (χ2v) is 3.64. The molecule has 4 heteroatoms. The molecule has 1 saturated carbocycles. The van der Waals surface area contributed by atoms with Gasteiger partial charge in [0.25, 0.3) is 0 Å². The number of hydrogen-bond donors (Lipinski definition) is 2. The molecule has 0 aromatic rings. The Balaban J connectivity index is 2.19. The van der Waals surface area contributed by atoms with Crippen molar-refractivity contribution in [3.8, 4) is 0 Å². The predicted molar refractivity (Wildman–Crippen MR) is 45.1 cm³/mol. The van der Waals surface area contributed by atoms with Crippen LogP contribution in [0.2, 0.25) is 0 Å². The Hall–Kier alpha value is -1.32. The van der Waals surface area contributed by atoms with E-state index in [1.165, 1.54) is 6.08 Å². The third-order valence-electron chi connectivity index (χ3n) is 2.78. The molecule has 1 amide bonds. The third-order valence-corrected chi connectivity index (χ3v) is 2.78. The van der Waals surface area contributed by atoms with Gasteiger partial charge in [-0.1, -0.05) is 0 Å². The SMILES string of the molecule is O=C1CCC2(CC1)NC(=O)C=C2O. The highest BCUT2D eigenvalue weighted by molar-refractivity contribution is 5.93. The van der Waals surface area contributed by atoms with Gasteiger partial charge >= 0.3 is 0 Å². The van der Waals surface area contributed by atoms with Gasteiger partial charge in [-0.25, -0.2) is 0 Å². The summed E-state index contributed by atoms with van der Waals surface area (Å²) in [6.45, 7) is 0. The Labute approximate surface area is 75.6 Å². The molecular formula is C9H11NO3. The van der Waals surface area contributed by atoms with Crippen LogP contribution in [0.1, 0.15) is 25.7 Å². The van der Waals surface area contributed by atoms with E-state index in [9.17, 15) is 14.7 Å². The monoisotopic (exact) mass is 181 g/mol. The Bertz CT molecular complexity index is 296. The fourth-order valence-corrected chi connectivity index (χ4v) is 1.94. The predicted octanol–water partition coefficient (Wildman–Crippen LogP) is 0.440. The lowest BCUT2D eigenvalue weighted by Crippen LogP contribution is -2.47. The molecule has 13 heavy (non-hydrogen) atoms. The van der Waals surface area contributed by atoms with Crippen molar-refractivity contribution in [2.45, 2.75) is 31.2 Å². The van der Waals surface area contributed by atoms with Gasteiger partial charge in [0.1, 0.15) is 11.5 Å². The van der Waals surface area contributed by atoms with Crippen LogP contribution in [0.15, 0.2) is 11.8 Å². The Morgan fingerprint density at radius 1 is 1.31 bits per heavy atom. The minimum absolute atomic E-state index is 0.0880. The number of carbonyl (C=O) groups is 2. The Kier molecular flexibility index (Phi) is 1.65. The van der Waals surface area contributed by atoms with Crippen LogP contribution in [0.4, 0.5) is 0 Å². The van der Waals surface area contributed by atoms with Crippen molar-refractivity contribution in [1.82, 2.24) is 5.32 Å². The van der Waals surface area contributed by atoms with Gasteiger partial charge in [-0.05, 0) is 12.8 Å². The maximum atomic E-state index is 11.0. The van der Waals surface area contributed by atoms with Gasteiger partial charge in [0.15, 0.2) is 0 Å². The van der Waals surface area contributed by atoms with Crippen LogP contribution >= 0.6 is 0 Å². The molecule has 2 rings (SSSR count). The largest absolute Gasteiger partial charge is 0.510 e. The zero-order valence-corrected chi connectivity index (χ0v) is 7.17. The quantitative estimate of drug-likeness (QED) is 0.569. The standard InChI is InChI=1S/C9H11NO3/c11-6-1-3-9(4-2-6)7(12)5-8(13)10-9/h5,12H,1-4H2,(H,10,13). The molecule has 0 bridgehead atoms. The van der Waals surface area contributed by atoms with Crippen LogP contribution in [0.25, 0.3) is 0 Å². The summed E-state index contributed by atoms with van der Waals surface area (Å²) in [5.41, 5.74) is -0.620. The van der Waals surface area contributed by atoms with E-state index in [2.05, 4.69) is 5.32 Å². The molecule has 1 spiro atoms. The first-order chi connectivity index (χ1) is 6.12. The molecule has 0 unspecified atom stereocenters. The average Bonchev–Trinajstić information content (AvgIpc) is 2.34. The van der Waals surface area contributed by atoms with E-state index in [1.807, 2.05) is 0 Å². The molecule has 0 saturated heterocycles. The first-order valence-electron chi connectivity index (χ1n) is 4.37. The van der Waals surface area contributed by atoms with Gasteiger partial charge < -0.3 is 10.4 Å². The van der Waals surface area contributed by atoms with Gasteiger partial charge in [-0.3, -0.25) is 9.59 Å². The van der Waals surface area contributed by atoms with E-state index in [4.69, 9.17) is 0 Å². The lowest BCUT2D eigenvalue weighted by atomic mass is 9.81. The van der Waals surface area contributed by atoms with Crippen LogP contribution in [0, 0.1) is 0 Å². The van der Waals surface area contributed by atoms with E-state index in [0.717, 1.165) is 0 Å². The molecular weight excluding hydrogens is 170 g/mol. The summed E-state index contributed by atoms with van der Waals surface area (Å²) in [6, 6.07) is 0. The van der Waals surface area contributed by atoms with Crippen molar-refractivity contribution in [3.05, 3.63) is 11.8 Å². The molecule has 4 nitrogen and oxygen atoms in total. The molecule has 1 aliphatic heterocycles. The first kappa shape index (κ1) is 8.29. The highest BCUT2D eigenvalue weighted by atomic mass is 16.3. The van der Waals surface area contributed by atoms with Crippen LogP contribution < -0.4 is 5.32 Å². The highest BCUT2D eigenvalue weighted by Gasteiger charge is 2.43. The number of Topliss-reactive ketones (excluding diaryl/α,β-unsaturated/α-hetero) is 1. The van der Waals surface area contributed by atoms with Gasteiger partial charge in [0, 0.05) is 18.9 Å². The number of hydrogen-bond acceptors (Lipinski definition) is 3. The molecule has 0 aromatic carbocycles. The second kappa shape index (κ2) is 2.58. The first-order valence-corrected chi connectivity index (χ1v) is 4.37. The van der Waals surface area contributed by atoms with Crippen molar-refractivity contribution < 1.29 is 14.7 Å². The smallest absolute Gasteiger partial charge is 0.248 e. The third kappa shape index (κ3) is 1.22. The fraction of sp³-hybridized carbons (Fsp3) is 0.556. The molecule has 1 aliphatic carbocycles. The average molecular weight is 181 g/mol. The van der Waals surface area contributed by atoms with E-state index < -0.39 is 5.54 Å². The molecule has 2 aliphatic rings. The van der Waals surface area contributed by atoms with E-state index >= 15 is 0 Å². The summed E-state index contributed by atoms with van der Waals surface area (Å²) in [5.74, 6) is 0.0384. The molecule has 0 atom stereocenters. The maximum Gasteiger partial charge on any atom is 0.248 e. The molecule has 2 N–H and O–H groups in total. The van der Waals surface area contributed by atoms with Gasteiger partial charge in [0.2, 0.25) is 5.91 Å². The Morgan fingerprint density at radius 3 is 2.38 bits per heavy atom. The summed E-state index contributed by atoms with van der Waals surface area (Å²) in [6.07, 6.45) is 3.14. The Morgan fingerprint density at radius 2 is 1.92 bits per heavy atom.